The molecule has 0 bridgehead atoms. The molecule has 2 aromatic heterocycles. The molecule has 0 spiro atoms. The summed E-state index contributed by atoms with van der Waals surface area (Å²) in [5.41, 5.74) is 1.40. The molecule has 1 amide bonds. The van der Waals surface area contributed by atoms with E-state index in [0.717, 1.165) is 15.0 Å². The number of carbonyl (C=O) groups is 1. The van der Waals surface area contributed by atoms with Crippen LogP contribution in [0.1, 0.15) is 38.8 Å². The molecule has 0 radical (unpaired) electrons. The van der Waals surface area contributed by atoms with Crippen LogP contribution in [0.25, 0.3) is 10.1 Å². The number of thiophene rings is 1. The summed E-state index contributed by atoms with van der Waals surface area (Å²) in [5, 5.41) is 23.1. The molecule has 2 atom stereocenters. The predicted molar refractivity (Wildman–Crippen MR) is 137 cm³/mol. The summed E-state index contributed by atoms with van der Waals surface area (Å²) < 4.78 is 29.5. The number of aromatic nitrogens is 1. The average Bonchev–Trinajstić information content (AvgIpc) is 3.50. The van der Waals surface area contributed by atoms with Crippen molar-refractivity contribution < 1.29 is 18.3 Å². The molecule has 186 valence electrons. The van der Waals surface area contributed by atoms with Gasteiger partial charge in [0.15, 0.2) is 5.01 Å². The Balaban J connectivity index is 1.38. The number of thiazole rings is 1. The summed E-state index contributed by atoms with van der Waals surface area (Å²) in [7, 11) is -3.79. The topological polar surface area (TPSA) is 127 Å². The maximum atomic E-state index is 13.5. The van der Waals surface area contributed by atoms with Gasteiger partial charge in [0.2, 0.25) is 0 Å². The summed E-state index contributed by atoms with van der Waals surface area (Å²) in [6.07, 6.45) is 5.68. The molecule has 1 fully saturated rings. The number of aliphatic hydroxyl groups excluding tert-OH is 1. The number of carbonyl (C=O) groups excluding carboxylic acids is 1. The number of rotatable bonds is 5. The van der Waals surface area contributed by atoms with Gasteiger partial charge in [-0.25, -0.2) is 13.4 Å². The fourth-order valence-corrected chi connectivity index (χ4v) is 8.56. The summed E-state index contributed by atoms with van der Waals surface area (Å²) in [6.45, 7) is 0.895. The van der Waals surface area contributed by atoms with Gasteiger partial charge in [-0.2, -0.15) is 9.57 Å². The van der Waals surface area contributed by atoms with Crippen LogP contribution in [0.5, 0.6) is 0 Å². The number of sulfonamides is 1. The molecule has 2 aliphatic heterocycles. The molecule has 0 aliphatic carbocycles. The maximum Gasteiger partial charge on any atom is 0.283 e. The number of nitrogens with zero attached hydrogens (tertiary/aromatic N) is 4. The van der Waals surface area contributed by atoms with Crippen molar-refractivity contribution in [2.24, 2.45) is 0 Å². The largest absolute Gasteiger partial charge is 0.378 e. The van der Waals surface area contributed by atoms with Crippen LogP contribution >= 0.6 is 22.7 Å². The predicted octanol–water partition coefficient (Wildman–Crippen LogP) is 2.12. The van der Waals surface area contributed by atoms with Crippen LogP contribution in [0, 0.1) is 23.7 Å². The first kappa shape index (κ1) is 24.8. The van der Waals surface area contributed by atoms with Crippen LogP contribution in [-0.2, 0) is 23.0 Å². The number of aliphatic hydroxyl groups is 1. The minimum atomic E-state index is -3.79. The molecule has 9 nitrogen and oxygen atoms in total. The van der Waals surface area contributed by atoms with Crippen LogP contribution < -0.4 is 5.32 Å². The molecular formula is C24H23N5O4S3. The van der Waals surface area contributed by atoms with Gasteiger partial charge >= 0.3 is 0 Å². The number of nitriles is 1. The minimum Gasteiger partial charge on any atom is -0.378 e. The Morgan fingerprint density at radius 3 is 2.92 bits per heavy atom. The molecule has 3 aromatic rings. The number of terminal acetylenes is 1. The summed E-state index contributed by atoms with van der Waals surface area (Å²) >= 11 is 2.46. The molecule has 2 N–H and O–H groups in total. The zero-order valence-corrected chi connectivity index (χ0v) is 21.6. The minimum absolute atomic E-state index is 0.102. The van der Waals surface area contributed by atoms with Gasteiger partial charge in [-0.05, 0) is 30.0 Å². The van der Waals surface area contributed by atoms with Crippen LogP contribution in [0.2, 0.25) is 0 Å². The summed E-state index contributed by atoms with van der Waals surface area (Å²) in [6, 6.07) is 8.70. The number of hydrogen-bond acceptors (Lipinski definition) is 9. The summed E-state index contributed by atoms with van der Waals surface area (Å²) in [5.74, 6) is 2.29. The van der Waals surface area contributed by atoms with E-state index < -0.39 is 22.3 Å². The first-order valence-corrected chi connectivity index (χ1v) is 14.5. The lowest BCUT2D eigenvalue weighted by molar-refractivity contribution is 0.0552. The third-order valence-electron chi connectivity index (χ3n) is 6.40. The van der Waals surface area contributed by atoms with E-state index in [-0.39, 0.29) is 36.2 Å². The lowest BCUT2D eigenvalue weighted by Crippen LogP contribution is -2.56. The quantitative estimate of drug-likeness (QED) is 0.474. The molecule has 1 saturated heterocycles. The molecule has 12 heteroatoms. The van der Waals surface area contributed by atoms with Crippen LogP contribution in [0.4, 0.5) is 0 Å². The van der Waals surface area contributed by atoms with E-state index in [4.69, 9.17) is 11.7 Å². The van der Waals surface area contributed by atoms with E-state index in [1.807, 2.05) is 6.07 Å². The third kappa shape index (κ3) is 4.64. The van der Waals surface area contributed by atoms with Gasteiger partial charge in [0.25, 0.3) is 15.9 Å². The Kier molecular flexibility index (Phi) is 6.83. The number of nitrogens with one attached hydrogen (secondary N) is 1. The average molecular weight is 542 g/mol. The van der Waals surface area contributed by atoms with Crippen LogP contribution in [-0.4, -0.2) is 65.5 Å². The maximum absolute atomic E-state index is 13.5. The van der Waals surface area contributed by atoms with Crippen molar-refractivity contribution in [3.8, 4) is 18.4 Å². The molecule has 5 rings (SSSR count). The van der Waals surface area contributed by atoms with Crippen molar-refractivity contribution in [2.75, 3.05) is 19.6 Å². The van der Waals surface area contributed by atoms with Crippen molar-refractivity contribution in [1.29, 1.82) is 5.26 Å². The lowest BCUT2D eigenvalue weighted by Gasteiger charge is -2.40. The standard InChI is InChI=1S/C24H23N5O4S3/c1-2-15-5-6-16-11-22(34-19(16)10-15)36(32,33)28-8-9-29(17(14-28)4-3-7-25)24(31)23-27-18-12-21(30)26-13-20(18)35-23/h1,5-6,10-11,17,21,26,30H,3-4,8-9,12-14H2. The Morgan fingerprint density at radius 2 is 2.14 bits per heavy atom. The molecule has 4 heterocycles. The number of amides is 1. The third-order valence-corrected chi connectivity index (χ3v) is 10.9. The van der Waals surface area contributed by atoms with E-state index in [9.17, 15) is 18.3 Å². The SMILES string of the molecule is C#Cc1ccc2cc(S(=O)(=O)N3CCN(C(=O)c4nc5c(s4)CNC(O)C5)C(CCC#N)C3)sc2c1. The van der Waals surface area contributed by atoms with E-state index in [2.05, 4.69) is 22.3 Å². The Morgan fingerprint density at radius 1 is 1.31 bits per heavy atom. The fourth-order valence-electron chi connectivity index (χ4n) is 4.50. The Hall–Kier alpha value is -2.84. The highest BCUT2D eigenvalue weighted by atomic mass is 32.2. The molecule has 2 aliphatic rings. The number of fused-ring (bicyclic) bond motifs is 2. The fraction of sp³-hybridized carbons (Fsp3) is 0.375. The van der Waals surface area contributed by atoms with Crippen LogP contribution in [0.3, 0.4) is 0 Å². The highest BCUT2D eigenvalue weighted by Gasteiger charge is 2.38. The van der Waals surface area contributed by atoms with Crippen molar-refractivity contribution in [2.45, 2.75) is 42.3 Å². The molecule has 36 heavy (non-hydrogen) atoms. The number of hydrogen-bond donors (Lipinski definition) is 2. The van der Waals surface area contributed by atoms with E-state index in [1.165, 1.54) is 27.0 Å². The van der Waals surface area contributed by atoms with Crippen molar-refractivity contribution >= 4 is 48.7 Å². The second kappa shape index (κ2) is 9.90. The molecule has 2 unspecified atom stereocenters. The highest BCUT2D eigenvalue weighted by Crippen LogP contribution is 2.33. The zero-order chi connectivity index (χ0) is 25.4. The smallest absolute Gasteiger partial charge is 0.283 e. The van der Waals surface area contributed by atoms with Crippen molar-refractivity contribution in [3.63, 3.8) is 0 Å². The van der Waals surface area contributed by atoms with Gasteiger partial charge < -0.3 is 10.0 Å². The van der Waals surface area contributed by atoms with Crippen LogP contribution in [0.15, 0.2) is 28.5 Å². The second-order valence-corrected chi connectivity index (χ2v) is 13.0. The molecule has 1 aromatic carbocycles. The van der Waals surface area contributed by atoms with Crippen molar-refractivity contribution in [1.82, 2.24) is 19.5 Å². The summed E-state index contributed by atoms with van der Waals surface area (Å²) in [4.78, 5) is 20.4. The zero-order valence-electron chi connectivity index (χ0n) is 19.2. The lowest BCUT2D eigenvalue weighted by atomic mass is 10.1. The number of benzene rings is 1. The highest BCUT2D eigenvalue weighted by molar-refractivity contribution is 7.91. The van der Waals surface area contributed by atoms with E-state index >= 15 is 0 Å². The van der Waals surface area contributed by atoms with E-state index in [0.29, 0.717) is 35.7 Å². The van der Waals surface area contributed by atoms with Crippen molar-refractivity contribution in [3.05, 3.63) is 45.4 Å². The van der Waals surface area contributed by atoms with Gasteiger partial charge in [0.05, 0.1) is 11.8 Å². The first-order chi connectivity index (χ1) is 17.3. The Bertz CT molecular complexity index is 1510. The first-order valence-electron chi connectivity index (χ1n) is 11.4. The van der Waals surface area contributed by atoms with Gasteiger partial charge in [-0.1, -0.05) is 12.0 Å². The number of piperazine rings is 1. The van der Waals surface area contributed by atoms with Gasteiger partial charge in [-0.3, -0.25) is 10.1 Å². The Labute approximate surface area is 217 Å². The van der Waals surface area contributed by atoms with Gasteiger partial charge in [-0.15, -0.1) is 29.1 Å². The monoisotopic (exact) mass is 541 g/mol. The molecule has 0 saturated carbocycles. The normalized spacial score (nSPS) is 20.6. The second-order valence-electron chi connectivity index (χ2n) is 8.66. The molecular weight excluding hydrogens is 518 g/mol. The van der Waals surface area contributed by atoms with E-state index in [1.54, 1.807) is 23.1 Å². The van der Waals surface area contributed by atoms with Gasteiger partial charge in [0.1, 0.15) is 10.4 Å². The van der Waals surface area contributed by atoms with Gasteiger partial charge in [0, 0.05) is 60.2 Å².